The van der Waals surface area contributed by atoms with E-state index in [2.05, 4.69) is 63.2 Å². The van der Waals surface area contributed by atoms with Crippen molar-refractivity contribution in [1.82, 2.24) is 9.97 Å². The second kappa shape index (κ2) is 7.70. The lowest BCUT2D eigenvalue weighted by Crippen LogP contribution is -2.31. The molecule has 0 amide bonds. The molecule has 1 aromatic heterocycles. The number of hydrogen-bond acceptors (Lipinski definition) is 5. The van der Waals surface area contributed by atoms with Gasteiger partial charge in [0.25, 0.3) is 0 Å². The number of rotatable bonds is 5. The molecule has 1 aromatic carbocycles. The summed E-state index contributed by atoms with van der Waals surface area (Å²) in [6.45, 7) is 7.99. The summed E-state index contributed by atoms with van der Waals surface area (Å²) in [5.41, 5.74) is 2.74. The van der Waals surface area contributed by atoms with E-state index in [-0.39, 0.29) is 18.6 Å². The third kappa shape index (κ3) is 4.30. The molecule has 1 atom stereocenters. The molecule has 5 nitrogen and oxygen atoms in total. The van der Waals surface area contributed by atoms with Crippen molar-refractivity contribution in [1.29, 1.82) is 0 Å². The Morgan fingerprint density at radius 2 is 2.00 bits per heavy atom. The van der Waals surface area contributed by atoms with Gasteiger partial charge in [0.15, 0.2) is 0 Å². The zero-order chi connectivity index (χ0) is 18.0. The SMILES string of the molecule is CC(C)c1nc(N[C@H](C)CO)cc(N2CCc3ccc(Br)cc3C2)n1. The van der Waals surface area contributed by atoms with Crippen LogP contribution in [0.4, 0.5) is 11.6 Å². The normalized spacial score (nSPS) is 15.2. The van der Waals surface area contributed by atoms with Crippen LogP contribution in [-0.2, 0) is 13.0 Å². The van der Waals surface area contributed by atoms with Crippen LogP contribution in [0.5, 0.6) is 0 Å². The molecule has 1 aliphatic rings. The van der Waals surface area contributed by atoms with E-state index >= 15 is 0 Å². The lowest BCUT2D eigenvalue weighted by atomic mass is 10.00. The molecular weight excluding hydrogens is 380 g/mol. The Morgan fingerprint density at radius 1 is 1.20 bits per heavy atom. The first kappa shape index (κ1) is 18.1. The van der Waals surface area contributed by atoms with Crippen molar-refractivity contribution in [3.05, 3.63) is 45.7 Å². The van der Waals surface area contributed by atoms with Gasteiger partial charge in [-0.2, -0.15) is 0 Å². The van der Waals surface area contributed by atoms with E-state index in [1.165, 1.54) is 11.1 Å². The van der Waals surface area contributed by atoms with Gasteiger partial charge in [-0.15, -0.1) is 0 Å². The first-order valence-electron chi connectivity index (χ1n) is 8.75. The highest BCUT2D eigenvalue weighted by molar-refractivity contribution is 9.10. The van der Waals surface area contributed by atoms with Crippen molar-refractivity contribution >= 4 is 27.6 Å². The summed E-state index contributed by atoms with van der Waals surface area (Å²) >= 11 is 3.57. The zero-order valence-electron chi connectivity index (χ0n) is 15.0. The predicted octanol–water partition coefficient (Wildman–Crippen LogP) is 3.72. The smallest absolute Gasteiger partial charge is 0.135 e. The minimum Gasteiger partial charge on any atom is -0.394 e. The fraction of sp³-hybridized carbons (Fsp3) is 0.474. The Kier molecular flexibility index (Phi) is 5.59. The number of benzene rings is 1. The maximum atomic E-state index is 9.31. The van der Waals surface area contributed by atoms with Crippen LogP contribution in [0.25, 0.3) is 0 Å². The van der Waals surface area contributed by atoms with Crippen molar-refractivity contribution in [2.75, 3.05) is 23.4 Å². The summed E-state index contributed by atoms with van der Waals surface area (Å²) in [6, 6.07) is 8.45. The number of aliphatic hydroxyl groups is 1. The second-order valence-corrected chi connectivity index (χ2v) is 7.85. The van der Waals surface area contributed by atoms with E-state index in [1.54, 1.807) is 0 Å². The number of aromatic nitrogens is 2. The van der Waals surface area contributed by atoms with E-state index in [1.807, 2.05) is 13.0 Å². The van der Waals surface area contributed by atoms with Crippen molar-refractivity contribution < 1.29 is 5.11 Å². The molecule has 134 valence electrons. The van der Waals surface area contributed by atoms with Gasteiger partial charge in [0.05, 0.1) is 6.61 Å². The fourth-order valence-corrected chi connectivity index (χ4v) is 3.37. The maximum absolute atomic E-state index is 9.31. The maximum Gasteiger partial charge on any atom is 0.135 e. The predicted molar refractivity (Wildman–Crippen MR) is 105 cm³/mol. The molecule has 0 aliphatic carbocycles. The Balaban J connectivity index is 1.90. The molecule has 0 radical (unpaired) electrons. The number of anilines is 2. The Morgan fingerprint density at radius 3 is 2.72 bits per heavy atom. The summed E-state index contributed by atoms with van der Waals surface area (Å²) in [5, 5.41) is 12.6. The minimum absolute atomic E-state index is 0.0409. The van der Waals surface area contributed by atoms with Gasteiger partial charge in [-0.25, -0.2) is 9.97 Å². The van der Waals surface area contributed by atoms with E-state index in [4.69, 9.17) is 4.98 Å². The minimum atomic E-state index is -0.0409. The van der Waals surface area contributed by atoms with Gasteiger partial charge in [-0.3, -0.25) is 0 Å². The summed E-state index contributed by atoms with van der Waals surface area (Å²) in [5.74, 6) is 2.79. The van der Waals surface area contributed by atoms with Crippen LogP contribution in [0, 0.1) is 0 Å². The summed E-state index contributed by atoms with van der Waals surface area (Å²) < 4.78 is 1.11. The van der Waals surface area contributed by atoms with Crippen LogP contribution in [-0.4, -0.2) is 34.3 Å². The number of fused-ring (bicyclic) bond motifs is 1. The highest BCUT2D eigenvalue weighted by Crippen LogP contribution is 2.28. The lowest BCUT2D eigenvalue weighted by molar-refractivity contribution is 0.281. The molecule has 1 aliphatic heterocycles. The number of aliphatic hydroxyl groups excluding tert-OH is 1. The van der Waals surface area contributed by atoms with Gasteiger partial charge in [0, 0.05) is 35.6 Å². The molecule has 0 unspecified atom stereocenters. The first-order valence-corrected chi connectivity index (χ1v) is 9.54. The molecule has 6 heteroatoms. The van der Waals surface area contributed by atoms with E-state index in [9.17, 15) is 5.11 Å². The summed E-state index contributed by atoms with van der Waals surface area (Å²) in [6.07, 6.45) is 1.01. The molecule has 25 heavy (non-hydrogen) atoms. The molecule has 0 spiro atoms. The molecule has 0 fully saturated rings. The monoisotopic (exact) mass is 404 g/mol. The van der Waals surface area contributed by atoms with E-state index in [0.29, 0.717) is 0 Å². The summed E-state index contributed by atoms with van der Waals surface area (Å²) in [7, 11) is 0. The van der Waals surface area contributed by atoms with Crippen LogP contribution < -0.4 is 10.2 Å². The van der Waals surface area contributed by atoms with Gasteiger partial charge in [0.1, 0.15) is 17.5 Å². The van der Waals surface area contributed by atoms with Crippen molar-refractivity contribution in [2.24, 2.45) is 0 Å². The van der Waals surface area contributed by atoms with Crippen LogP contribution in [0.15, 0.2) is 28.7 Å². The topological polar surface area (TPSA) is 61.3 Å². The molecular formula is C19H25BrN4O. The van der Waals surface area contributed by atoms with Gasteiger partial charge >= 0.3 is 0 Å². The molecule has 0 saturated carbocycles. The van der Waals surface area contributed by atoms with Crippen LogP contribution in [0.1, 0.15) is 43.6 Å². The Hall–Kier alpha value is -1.66. The summed E-state index contributed by atoms with van der Waals surface area (Å²) in [4.78, 5) is 11.7. The van der Waals surface area contributed by atoms with Gasteiger partial charge in [-0.1, -0.05) is 35.8 Å². The van der Waals surface area contributed by atoms with E-state index in [0.717, 1.165) is 41.4 Å². The quantitative estimate of drug-likeness (QED) is 0.794. The molecule has 2 heterocycles. The van der Waals surface area contributed by atoms with E-state index < -0.39 is 0 Å². The Bertz CT molecular complexity index is 750. The average molecular weight is 405 g/mol. The molecule has 2 aromatic rings. The highest BCUT2D eigenvalue weighted by atomic mass is 79.9. The molecule has 0 saturated heterocycles. The van der Waals surface area contributed by atoms with Crippen molar-refractivity contribution in [3.8, 4) is 0 Å². The number of halogens is 1. The zero-order valence-corrected chi connectivity index (χ0v) is 16.5. The molecule has 0 bridgehead atoms. The Labute approximate surface area is 157 Å². The highest BCUT2D eigenvalue weighted by Gasteiger charge is 2.20. The average Bonchev–Trinajstić information content (AvgIpc) is 2.60. The number of nitrogens with zero attached hydrogens (tertiary/aromatic N) is 3. The van der Waals surface area contributed by atoms with Crippen LogP contribution in [0.2, 0.25) is 0 Å². The molecule has 2 N–H and O–H groups in total. The van der Waals surface area contributed by atoms with Crippen LogP contribution >= 0.6 is 15.9 Å². The van der Waals surface area contributed by atoms with Crippen molar-refractivity contribution in [2.45, 2.75) is 45.7 Å². The standard InChI is InChI=1S/C19H25BrN4O/c1-12(2)19-22-17(21-13(3)11-25)9-18(23-19)24-7-6-14-4-5-16(20)8-15(14)10-24/h4-5,8-9,12-13,25H,6-7,10-11H2,1-3H3,(H,21,22,23)/t13-/m1/s1. The number of hydrogen-bond donors (Lipinski definition) is 2. The third-order valence-electron chi connectivity index (χ3n) is 4.42. The van der Waals surface area contributed by atoms with Crippen molar-refractivity contribution in [3.63, 3.8) is 0 Å². The number of nitrogens with one attached hydrogen (secondary N) is 1. The van der Waals surface area contributed by atoms with Gasteiger partial charge in [0.2, 0.25) is 0 Å². The molecule has 3 rings (SSSR count). The van der Waals surface area contributed by atoms with Gasteiger partial charge in [-0.05, 0) is 36.6 Å². The van der Waals surface area contributed by atoms with Crippen LogP contribution in [0.3, 0.4) is 0 Å². The first-order chi connectivity index (χ1) is 12.0. The second-order valence-electron chi connectivity index (χ2n) is 6.94. The van der Waals surface area contributed by atoms with Gasteiger partial charge < -0.3 is 15.3 Å². The lowest BCUT2D eigenvalue weighted by Gasteiger charge is -2.30. The third-order valence-corrected chi connectivity index (χ3v) is 4.91. The largest absolute Gasteiger partial charge is 0.394 e. The fourth-order valence-electron chi connectivity index (χ4n) is 2.97.